The maximum absolute atomic E-state index is 7.73. The minimum absolute atomic E-state index is 0.548. The Kier molecular flexibility index (Phi) is 15.7. The molecule has 15 aromatic carbocycles. The highest BCUT2D eigenvalue weighted by Crippen LogP contribution is 2.64. The van der Waals surface area contributed by atoms with Crippen LogP contribution in [0.2, 0.25) is 0 Å². The summed E-state index contributed by atoms with van der Waals surface area (Å²) in [5.41, 5.74) is 25.2. The van der Waals surface area contributed by atoms with Gasteiger partial charge in [0.05, 0.1) is 39.3 Å². The van der Waals surface area contributed by atoms with E-state index in [2.05, 4.69) is 314 Å². The van der Waals surface area contributed by atoms with Gasteiger partial charge >= 0.3 is 0 Å². The molecular formula is C102H83NO6. The molecule has 2 heterocycles. The Morgan fingerprint density at radius 1 is 0.321 bits per heavy atom. The first-order valence-corrected chi connectivity index (χ1v) is 37.8. The standard InChI is InChI=1S/C51H43NO.C51H40O5/c1-32-18-20-37-31-46(41-27-28-50(38-13-7-6-8-14-38,53-49(41)42(37)29-32)39-23-25-40(26-24-39)52(4)5)51(45-30-33(2)17-19-34(45)3)43-15-9-11-35-21-22-36-12-10-16-44(51)48(36)47(35)43;1-31-12-20-40(55-5)30-45(31)51(43-10-6-8-32-13-14-33-9-7-11-44(51)48(33)47(32)43)46-28-34-15-21-39(54-4)29-42(34)49-41(46)26-27-50(56-49,35-16-22-37(52-2)23-17-35)36-18-24-38(53-3)25-19-36/h6-20,23-31H,21-22H2,1-5H3;6-30H,1-5H3. The van der Waals surface area contributed by atoms with E-state index in [4.69, 9.17) is 28.4 Å². The van der Waals surface area contributed by atoms with Crippen LogP contribution >= 0.6 is 0 Å². The fourth-order valence-electron chi connectivity index (χ4n) is 19.2. The van der Waals surface area contributed by atoms with Crippen LogP contribution in [-0.2, 0) is 34.9 Å². The number of aryl methyl sites for hydroxylation is 6. The van der Waals surface area contributed by atoms with Gasteiger partial charge < -0.3 is 33.3 Å². The van der Waals surface area contributed by atoms with Crippen LogP contribution in [0.3, 0.4) is 0 Å². The Labute approximate surface area is 637 Å². The summed E-state index contributed by atoms with van der Waals surface area (Å²) in [4.78, 5) is 2.15. The normalized spacial score (nSPS) is 15.9. The summed E-state index contributed by atoms with van der Waals surface area (Å²) in [6, 6.07) is 99.5. The number of rotatable bonds is 13. The Morgan fingerprint density at radius 3 is 1.25 bits per heavy atom. The zero-order valence-electron chi connectivity index (χ0n) is 63.1. The van der Waals surface area contributed by atoms with E-state index in [9.17, 15) is 0 Å². The maximum Gasteiger partial charge on any atom is 0.178 e. The first-order chi connectivity index (χ1) is 53.2. The first kappa shape index (κ1) is 67.1. The lowest BCUT2D eigenvalue weighted by Gasteiger charge is -2.41. The quantitative estimate of drug-likeness (QED) is 0.107. The van der Waals surface area contributed by atoms with Gasteiger partial charge in [0.15, 0.2) is 11.2 Å². The Hall–Kier alpha value is -12.6. The molecule has 7 nitrogen and oxygen atoms in total. The lowest BCUT2D eigenvalue weighted by molar-refractivity contribution is 0.163. The van der Waals surface area contributed by atoms with E-state index in [1.807, 2.05) is 30.3 Å². The third-order valence-electron chi connectivity index (χ3n) is 24.3. The Bertz CT molecular complexity index is 6140. The average molecular weight is 1420 g/mol. The molecular weight excluding hydrogens is 1340 g/mol. The smallest absolute Gasteiger partial charge is 0.178 e. The second-order valence-electron chi connectivity index (χ2n) is 30.3. The zero-order valence-corrected chi connectivity index (χ0v) is 63.1. The molecule has 0 radical (unpaired) electrons. The van der Waals surface area contributed by atoms with Crippen LogP contribution in [0.15, 0.2) is 285 Å². The van der Waals surface area contributed by atoms with Crippen molar-refractivity contribution in [2.75, 3.05) is 47.4 Å². The highest BCUT2D eigenvalue weighted by atomic mass is 16.5. The zero-order chi connectivity index (χ0) is 74.2. The van der Waals surface area contributed by atoms with Crippen molar-refractivity contribution in [1.29, 1.82) is 0 Å². The van der Waals surface area contributed by atoms with Crippen LogP contribution in [0.5, 0.6) is 34.5 Å². The van der Waals surface area contributed by atoms with Gasteiger partial charge in [-0.1, -0.05) is 217 Å². The van der Waals surface area contributed by atoms with Crippen molar-refractivity contribution in [3.8, 4) is 45.6 Å². The second kappa shape index (κ2) is 25.6. The molecule has 0 N–H and O–H groups in total. The van der Waals surface area contributed by atoms with Crippen LogP contribution in [0, 0.1) is 27.7 Å². The molecule has 3 aliphatic carbocycles. The second-order valence-corrected chi connectivity index (χ2v) is 30.3. The molecule has 1 unspecified atom stereocenters. The fraction of sp³-hybridized carbons (Fsp3) is 0.157. The molecule has 20 rings (SSSR count). The summed E-state index contributed by atoms with van der Waals surface area (Å²) in [6.07, 6.45) is 11.3. The van der Waals surface area contributed by atoms with Crippen LogP contribution in [0.25, 0.3) is 66.4 Å². The highest BCUT2D eigenvalue weighted by molar-refractivity contribution is 6.17. The van der Waals surface area contributed by atoms with Crippen molar-refractivity contribution in [3.63, 3.8) is 0 Å². The van der Waals surface area contributed by atoms with Crippen molar-refractivity contribution in [3.05, 3.63) is 396 Å². The van der Waals surface area contributed by atoms with Gasteiger partial charge in [-0.2, -0.15) is 0 Å². The van der Waals surface area contributed by atoms with Crippen molar-refractivity contribution in [2.45, 2.75) is 62.6 Å². The average Bonchev–Trinajstić information content (AvgIpc) is 1.53. The topological polar surface area (TPSA) is 58.6 Å². The fourth-order valence-corrected chi connectivity index (χ4v) is 19.2. The van der Waals surface area contributed by atoms with Crippen LogP contribution in [0.4, 0.5) is 5.69 Å². The van der Waals surface area contributed by atoms with Crippen LogP contribution < -0.4 is 33.3 Å². The molecule has 2 aliphatic heterocycles. The lowest BCUT2D eigenvalue weighted by Crippen LogP contribution is -2.36. The van der Waals surface area contributed by atoms with E-state index in [0.717, 1.165) is 108 Å². The Morgan fingerprint density at radius 2 is 0.725 bits per heavy atom. The van der Waals surface area contributed by atoms with Crippen molar-refractivity contribution >= 4 is 60.9 Å². The number of hydrogen-bond acceptors (Lipinski definition) is 7. The minimum atomic E-state index is -0.988. The third kappa shape index (κ3) is 9.94. The summed E-state index contributed by atoms with van der Waals surface area (Å²) in [5.74, 6) is 4.83. The largest absolute Gasteiger partial charge is 0.497 e. The molecule has 15 aromatic rings. The molecule has 532 valence electrons. The van der Waals surface area contributed by atoms with Crippen LogP contribution in [-0.4, -0.2) is 42.5 Å². The maximum atomic E-state index is 7.73. The van der Waals surface area contributed by atoms with E-state index in [0.29, 0.717) is 0 Å². The minimum Gasteiger partial charge on any atom is -0.497 e. The molecule has 0 saturated heterocycles. The molecule has 5 aliphatic rings. The summed E-state index contributed by atoms with van der Waals surface area (Å²) in [7, 11) is 11.0. The summed E-state index contributed by atoms with van der Waals surface area (Å²) in [6.45, 7) is 8.92. The molecule has 0 saturated carbocycles. The third-order valence-corrected chi connectivity index (χ3v) is 24.3. The summed E-state index contributed by atoms with van der Waals surface area (Å²) >= 11 is 0. The number of hydrogen-bond donors (Lipinski definition) is 0. The Balaban J connectivity index is 0.000000148. The van der Waals surface area contributed by atoms with E-state index < -0.39 is 22.0 Å². The van der Waals surface area contributed by atoms with Gasteiger partial charge in [0.1, 0.15) is 34.5 Å². The van der Waals surface area contributed by atoms with Crippen molar-refractivity contribution in [1.82, 2.24) is 0 Å². The van der Waals surface area contributed by atoms with Crippen molar-refractivity contribution < 1.29 is 28.4 Å². The lowest BCUT2D eigenvalue weighted by atomic mass is 9.64. The molecule has 0 bridgehead atoms. The number of benzene rings is 15. The monoisotopic (exact) mass is 1420 g/mol. The molecule has 0 fully saturated rings. The number of anilines is 1. The van der Waals surface area contributed by atoms with Gasteiger partial charge in [-0.3, -0.25) is 0 Å². The number of fused-ring (bicyclic) bond motifs is 6. The predicted molar refractivity (Wildman–Crippen MR) is 446 cm³/mol. The van der Waals surface area contributed by atoms with Gasteiger partial charge in [0, 0.05) is 63.9 Å². The van der Waals surface area contributed by atoms with Gasteiger partial charge in [-0.15, -0.1) is 0 Å². The van der Waals surface area contributed by atoms with E-state index in [1.54, 1.807) is 28.4 Å². The van der Waals surface area contributed by atoms with Gasteiger partial charge in [-0.05, 0) is 242 Å². The first-order valence-electron chi connectivity index (χ1n) is 37.8. The number of methoxy groups -OCH3 is 4. The SMILES string of the molecule is COc1ccc(C2(c3ccc(OC)cc3)C=Cc3c(C4(c5cc(OC)ccc5C)c5cccc6ccc7cccc4c7c56)cc4ccc(OC)cc4c3O2)cc1.Cc1ccc(C)c(C2(c3cc4ccc(C)cc4c4c3C=CC(c3ccccc3)(c3ccc(N(C)C)cc3)O4)c3cccc4c3-c3c(cccc32)CC4)c1. The molecule has 109 heavy (non-hydrogen) atoms. The van der Waals surface area contributed by atoms with Crippen molar-refractivity contribution in [2.24, 2.45) is 0 Å². The predicted octanol–water partition coefficient (Wildman–Crippen LogP) is 23.2. The number of ether oxygens (including phenoxy) is 6. The van der Waals surface area contributed by atoms with E-state index in [-0.39, 0.29) is 0 Å². The van der Waals surface area contributed by atoms with Gasteiger partial charge in [0.2, 0.25) is 0 Å². The van der Waals surface area contributed by atoms with Gasteiger partial charge in [0.25, 0.3) is 0 Å². The van der Waals surface area contributed by atoms with E-state index in [1.165, 1.54) is 110 Å². The summed E-state index contributed by atoms with van der Waals surface area (Å²) in [5, 5.41) is 9.32. The molecule has 1 atom stereocenters. The highest BCUT2D eigenvalue weighted by Gasteiger charge is 2.53. The summed E-state index contributed by atoms with van der Waals surface area (Å²) < 4.78 is 38.4. The molecule has 0 amide bonds. The van der Waals surface area contributed by atoms with Gasteiger partial charge in [-0.25, -0.2) is 0 Å². The van der Waals surface area contributed by atoms with E-state index >= 15 is 0 Å². The number of nitrogens with zero attached hydrogens (tertiary/aromatic N) is 1. The molecule has 7 heteroatoms. The molecule has 0 aromatic heterocycles. The van der Waals surface area contributed by atoms with Crippen LogP contribution in [0.1, 0.15) is 111 Å². The molecule has 0 spiro atoms.